The molecular formula is C30H35N6O11P. The first-order valence-electron chi connectivity index (χ1n) is 15.1. The Balaban J connectivity index is 1.51. The average Bonchev–Trinajstić information content (AvgIpc) is 3.62. The Kier molecular flexibility index (Phi) is 10.6. The highest BCUT2D eigenvalue weighted by Gasteiger charge is 2.62. The second kappa shape index (κ2) is 14.7. The number of nitrogens with two attached hydrogens (primary N) is 1. The van der Waals surface area contributed by atoms with Crippen molar-refractivity contribution in [2.45, 2.75) is 69.7 Å². The Hall–Kier alpha value is -4.59. The number of fused-ring (bicyclic) bond motifs is 1. The Morgan fingerprint density at radius 1 is 1.12 bits per heavy atom. The number of carbonyl (C=O) groups excluding carboxylic acids is 3. The molecule has 2 aliphatic heterocycles. The average molecular weight is 687 g/mol. The second-order valence-electron chi connectivity index (χ2n) is 10.9. The molecule has 256 valence electrons. The van der Waals surface area contributed by atoms with Gasteiger partial charge in [-0.1, -0.05) is 32.0 Å². The third kappa shape index (κ3) is 7.43. The van der Waals surface area contributed by atoms with Crippen LogP contribution in [0.25, 0.3) is 5.52 Å². The van der Waals surface area contributed by atoms with Crippen LogP contribution in [0.1, 0.15) is 45.4 Å². The molecule has 1 unspecified atom stereocenters. The van der Waals surface area contributed by atoms with Crippen molar-refractivity contribution in [2.75, 3.05) is 25.6 Å². The molecule has 0 aliphatic carbocycles. The number of aromatic nitrogens is 3. The molecule has 0 spiro atoms. The van der Waals surface area contributed by atoms with Crippen LogP contribution in [0.5, 0.6) is 5.75 Å². The van der Waals surface area contributed by atoms with E-state index in [1.54, 1.807) is 37.3 Å². The number of benzene rings is 1. The molecule has 0 bridgehead atoms. The quantitative estimate of drug-likeness (QED) is 0.141. The number of rotatable bonds is 14. The number of esters is 3. The Labute approximate surface area is 275 Å². The van der Waals surface area contributed by atoms with Crippen LogP contribution in [0, 0.1) is 11.3 Å². The topological polar surface area (TPSA) is 225 Å². The van der Waals surface area contributed by atoms with Crippen LogP contribution >= 0.6 is 7.75 Å². The van der Waals surface area contributed by atoms with E-state index >= 15 is 0 Å². The number of ether oxygens (including phenoxy) is 5. The SMILES string of the molecule is CCC(=O)O[C@H]1[C@H](c2ccc3c(N)ncnn23)O[C@](C#N)(COP(=O)(N[C@@H](C)C(=O)OC2COC2)Oc2ccccc2)[C@H]1OC(=O)CC. The second-order valence-corrected chi connectivity index (χ2v) is 12.6. The van der Waals surface area contributed by atoms with Gasteiger partial charge in [-0.25, -0.2) is 14.1 Å². The van der Waals surface area contributed by atoms with Gasteiger partial charge in [0.15, 0.2) is 18.0 Å². The molecule has 2 aromatic heterocycles. The molecule has 0 saturated carbocycles. The summed E-state index contributed by atoms with van der Waals surface area (Å²) in [6, 6.07) is 11.9. The van der Waals surface area contributed by atoms with Gasteiger partial charge in [-0.3, -0.25) is 18.9 Å². The van der Waals surface area contributed by atoms with E-state index in [-0.39, 0.29) is 43.3 Å². The van der Waals surface area contributed by atoms with Crippen molar-refractivity contribution in [1.82, 2.24) is 19.7 Å². The van der Waals surface area contributed by atoms with E-state index in [4.69, 9.17) is 38.5 Å². The lowest BCUT2D eigenvalue weighted by Gasteiger charge is -2.31. The summed E-state index contributed by atoms with van der Waals surface area (Å²) >= 11 is 0. The molecule has 48 heavy (non-hydrogen) atoms. The third-order valence-corrected chi connectivity index (χ3v) is 9.13. The molecule has 2 saturated heterocycles. The van der Waals surface area contributed by atoms with Gasteiger partial charge in [-0.15, -0.1) is 0 Å². The molecule has 5 rings (SSSR count). The first-order chi connectivity index (χ1) is 23.0. The van der Waals surface area contributed by atoms with Crippen molar-refractivity contribution < 1.29 is 51.7 Å². The van der Waals surface area contributed by atoms with Crippen molar-refractivity contribution in [3.05, 3.63) is 54.5 Å². The fraction of sp³-hybridized carbons (Fsp3) is 0.467. The first-order valence-corrected chi connectivity index (χ1v) is 16.7. The molecule has 2 fully saturated rings. The van der Waals surface area contributed by atoms with Crippen LogP contribution in [0.3, 0.4) is 0 Å². The molecule has 17 nitrogen and oxygen atoms in total. The van der Waals surface area contributed by atoms with E-state index in [1.165, 1.54) is 36.8 Å². The largest absolute Gasteiger partial charge is 0.459 e. The van der Waals surface area contributed by atoms with E-state index in [0.29, 0.717) is 5.52 Å². The van der Waals surface area contributed by atoms with Gasteiger partial charge in [0.25, 0.3) is 0 Å². The van der Waals surface area contributed by atoms with E-state index in [2.05, 4.69) is 15.2 Å². The molecule has 18 heteroatoms. The van der Waals surface area contributed by atoms with E-state index in [0.717, 1.165) is 0 Å². The highest BCUT2D eigenvalue weighted by molar-refractivity contribution is 7.52. The molecule has 0 radical (unpaired) electrons. The Morgan fingerprint density at radius 2 is 1.83 bits per heavy atom. The maximum absolute atomic E-state index is 14.3. The molecule has 0 amide bonds. The van der Waals surface area contributed by atoms with Crippen molar-refractivity contribution in [1.29, 1.82) is 5.26 Å². The molecule has 2 aliphatic rings. The Morgan fingerprint density at radius 3 is 2.48 bits per heavy atom. The number of carbonyl (C=O) groups is 3. The predicted molar refractivity (Wildman–Crippen MR) is 164 cm³/mol. The number of hydrogen-bond acceptors (Lipinski definition) is 15. The maximum Gasteiger partial charge on any atom is 0.459 e. The Bertz CT molecular complexity index is 1730. The van der Waals surface area contributed by atoms with E-state index in [1.807, 2.05) is 6.07 Å². The maximum atomic E-state index is 14.3. The van der Waals surface area contributed by atoms with Crippen LogP contribution in [-0.4, -0.2) is 82.3 Å². The molecule has 6 atom stereocenters. The summed E-state index contributed by atoms with van der Waals surface area (Å²) in [6.07, 6.45) is -3.66. The summed E-state index contributed by atoms with van der Waals surface area (Å²) in [7, 11) is -4.54. The van der Waals surface area contributed by atoms with Crippen molar-refractivity contribution in [2.24, 2.45) is 0 Å². The number of para-hydroxylation sites is 1. The van der Waals surface area contributed by atoms with E-state index < -0.39 is 68.3 Å². The minimum atomic E-state index is -4.54. The number of nitrogens with one attached hydrogen (secondary N) is 1. The number of nitrogen functional groups attached to an aromatic ring is 1. The summed E-state index contributed by atoms with van der Waals surface area (Å²) in [6.45, 7) is 4.11. The van der Waals surface area contributed by atoms with Crippen LogP contribution in [0.4, 0.5) is 5.82 Å². The van der Waals surface area contributed by atoms with Crippen molar-refractivity contribution in [3.63, 3.8) is 0 Å². The zero-order valence-corrected chi connectivity index (χ0v) is 27.2. The van der Waals surface area contributed by atoms with Gasteiger partial charge in [0.05, 0.1) is 18.9 Å². The normalized spacial score (nSPS) is 24.1. The highest BCUT2D eigenvalue weighted by atomic mass is 31.2. The lowest BCUT2D eigenvalue weighted by Crippen LogP contribution is -2.50. The minimum absolute atomic E-state index is 0.0528. The molecule has 3 N–H and O–H groups in total. The highest BCUT2D eigenvalue weighted by Crippen LogP contribution is 2.50. The van der Waals surface area contributed by atoms with Gasteiger partial charge in [0.1, 0.15) is 48.5 Å². The first kappa shape index (κ1) is 34.7. The van der Waals surface area contributed by atoms with Gasteiger partial charge < -0.3 is 33.9 Å². The zero-order chi connectivity index (χ0) is 34.5. The van der Waals surface area contributed by atoms with E-state index in [9.17, 15) is 24.2 Å². The molecular weight excluding hydrogens is 651 g/mol. The van der Waals surface area contributed by atoms with Crippen LogP contribution in [0.2, 0.25) is 0 Å². The molecule has 3 aromatic rings. The van der Waals surface area contributed by atoms with Gasteiger partial charge in [0, 0.05) is 12.8 Å². The molecule has 4 heterocycles. The van der Waals surface area contributed by atoms with Gasteiger partial charge in [-0.2, -0.15) is 15.4 Å². The third-order valence-electron chi connectivity index (χ3n) is 7.50. The van der Waals surface area contributed by atoms with Crippen molar-refractivity contribution >= 4 is 37.0 Å². The summed E-state index contributed by atoms with van der Waals surface area (Å²) in [5.74, 6) is -1.93. The standard InChI is InChI=1S/C30H35N6O11P/c1-4-23(37)44-26-25(21-11-12-22-28(32)33-17-34-36(21)22)46-30(15-31,27(26)45-24(38)5-2)16-42-48(40,47-19-9-7-6-8-10-19)35-18(3)29(39)43-20-13-41-14-20/h6-12,17-18,20,25-27H,4-5,13-14,16H2,1-3H3,(H,35,40)(H2,32,33,34)/t18-,25-,26-,27-,30+,48?/m0/s1. The van der Waals surface area contributed by atoms with Crippen LogP contribution in [0.15, 0.2) is 48.8 Å². The lowest BCUT2D eigenvalue weighted by molar-refractivity contribution is -0.173. The zero-order valence-electron chi connectivity index (χ0n) is 26.3. The van der Waals surface area contributed by atoms with Crippen molar-refractivity contribution in [3.8, 4) is 11.8 Å². The molecule has 1 aromatic carbocycles. The van der Waals surface area contributed by atoms with Gasteiger partial charge in [-0.05, 0) is 31.2 Å². The number of anilines is 1. The summed E-state index contributed by atoms with van der Waals surface area (Å²) in [4.78, 5) is 42.2. The van der Waals surface area contributed by atoms with Crippen LogP contribution in [-0.2, 0) is 47.2 Å². The summed E-state index contributed by atoms with van der Waals surface area (Å²) < 4.78 is 55.4. The minimum Gasteiger partial charge on any atom is -0.456 e. The van der Waals surface area contributed by atoms with Gasteiger partial charge in [0.2, 0.25) is 5.60 Å². The predicted octanol–water partition coefficient (Wildman–Crippen LogP) is 2.41. The van der Waals surface area contributed by atoms with Crippen LogP contribution < -0.4 is 15.3 Å². The monoisotopic (exact) mass is 686 g/mol. The lowest BCUT2D eigenvalue weighted by atomic mass is 9.95. The van der Waals surface area contributed by atoms with Gasteiger partial charge >= 0.3 is 25.7 Å². The summed E-state index contributed by atoms with van der Waals surface area (Å²) in [5, 5.41) is 17.4. The number of hydrogen-bond donors (Lipinski definition) is 2. The smallest absolute Gasteiger partial charge is 0.456 e. The number of nitrogens with zero attached hydrogens (tertiary/aromatic N) is 4. The summed E-state index contributed by atoms with van der Waals surface area (Å²) in [5.41, 5.74) is 4.46. The fourth-order valence-electron chi connectivity index (χ4n) is 4.92. The number of nitriles is 1. The fourth-order valence-corrected chi connectivity index (χ4v) is 6.44.